The molecule has 17 heavy (non-hydrogen) atoms. The molecule has 1 aromatic carbocycles. The van der Waals surface area contributed by atoms with Gasteiger partial charge in [-0.3, -0.25) is 0 Å². The zero-order chi connectivity index (χ0) is 12.5. The van der Waals surface area contributed by atoms with Crippen LogP contribution < -0.4 is 5.32 Å². The van der Waals surface area contributed by atoms with E-state index in [2.05, 4.69) is 43.4 Å². The second kappa shape index (κ2) is 8.56. The third-order valence-corrected chi connectivity index (χ3v) is 3.65. The summed E-state index contributed by atoms with van der Waals surface area (Å²) in [6.07, 6.45) is 1.91. The molecule has 1 rings (SSSR count). The van der Waals surface area contributed by atoms with Crippen molar-refractivity contribution in [2.45, 2.75) is 43.7 Å². The van der Waals surface area contributed by atoms with Gasteiger partial charge >= 0.3 is 0 Å². The lowest BCUT2D eigenvalue weighted by Gasteiger charge is -2.20. The van der Waals surface area contributed by atoms with Gasteiger partial charge in [-0.05, 0) is 25.0 Å². The maximum atomic E-state index is 8.90. The Morgan fingerprint density at radius 3 is 2.53 bits per heavy atom. The molecule has 0 heterocycles. The summed E-state index contributed by atoms with van der Waals surface area (Å²) in [6, 6.07) is 11.4. The normalized spacial score (nSPS) is 12.9. The Balaban J connectivity index is 2.37. The first kappa shape index (κ1) is 14.6. The Morgan fingerprint density at radius 1 is 1.24 bits per heavy atom. The molecule has 0 saturated heterocycles. The first-order valence-corrected chi connectivity index (χ1v) is 7.25. The van der Waals surface area contributed by atoms with Gasteiger partial charge in [0.1, 0.15) is 0 Å². The number of aliphatic hydroxyl groups excluding tert-OH is 1. The minimum absolute atomic E-state index is 0.284. The zero-order valence-electron chi connectivity index (χ0n) is 10.7. The highest BCUT2D eigenvalue weighted by Crippen LogP contribution is 2.19. The topological polar surface area (TPSA) is 32.3 Å². The van der Waals surface area contributed by atoms with Gasteiger partial charge in [0.15, 0.2) is 0 Å². The highest BCUT2D eigenvalue weighted by atomic mass is 32.2. The molecule has 3 heteroatoms. The molecule has 1 aromatic rings. The standard InChI is InChI=1S/C14H23NOS/c1-12(2)15-13(7-6-10-16)11-17-14-8-4-3-5-9-14/h3-5,8-9,12-13,15-16H,6-7,10-11H2,1-2H3. The lowest BCUT2D eigenvalue weighted by atomic mass is 10.1. The van der Waals surface area contributed by atoms with Crippen LogP contribution in [0.25, 0.3) is 0 Å². The fourth-order valence-corrected chi connectivity index (χ4v) is 2.74. The molecule has 0 amide bonds. The SMILES string of the molecule is CC(C)NC(CCCO)CSc1ccccc1. The van der Waals surface area contributed by atoms with Crippen LogP contribution in [-0.2, 0) is 0 Å². The predicted octanol–water partition coefficient (Wildman–Crippen LogP) is 2.92. The molecule has 0 fully saturated rings. The first-order valence-electron chi connectivity index (χ1n) is 6.27. The Hall–Kier alpha value is -0.510. The molecule has 0 aliphatic carbocycles. The van der Waals surface area contributed by atoms with E-state index in [1.54, 1.807) is 0 Å². The summed E-state index contributed by atoms with van der Waals surface area (Å²) in [5, 5.41) is 12.5. The Kier molecular flexibility index (Phi) is 7.33. The molecule has 0 bridgehead atoms. The fraction of sp³-hybridized carbons (Fsp3) is 0.571. The molecular weight excluding hydrogens is 230 g/mol. The molecule has 0 saturated carbocycles. The van der Waals surface area contributed by atoms with E-state index >= 15 is 0 Å². The molecule has 2 nitrogen and oxygen atoms in total. The Morgan fingerprint density at radius 2 is 1.94 bits per heavy atom. The Bertz CT molecular complexity index is 290. The third-order valence-electron chi connectivity index (χ3n) is 2.47. The van der Waals surface area contributed by atoms with Crippen LogP contribution in [0.1, 0.15) is 26.7 Å². The second-order valence-electron chi connectivity index (χ2n) is 4.51. The predicted molar refractivity (Wildman–Crippen MR) is 75.5 cm³/mol. The van der Waals surface area contributed by atoms with Crippen LogP contribution in [0.15, 0.2) is 35.2 Å². The van der Waals surface area contributed by atoms with Crippen molar-refractivity contribution in [2.24, 2.45) is 0 Å². The van der Waals surface area contributed by atoms with Crippen molar-refractivity contribution in [3.05, 3.63) is 30.3 Å². The van der Waals surface area contributed by atoms with Gasteiger partial charge in [-0.1, -0.05) is 32.0 Å². The van der Waals surface area contributed by atoms with Gasteiger partial charge in [-0.25, -0.2) is 0 Å². The molecule has 1 atom stereocenters. The number of hydrogen-bond donors (Lipinski definition) is 2. The number of hydrogen-bond acceptors (Lipinski definition) is 3. The quantitative estimate of drug-likeness (QED) is 0.699. The van der Waals surface area contributed by atoms with E-state index in [9.17, 15) is 0 Å². The molecular formula is C14H23NOS. The summed E-state index contributed by atoms with van der Waals surface area (Å²) in [5.41, 5.74) is 0. The van der Waals surface area contributed by atoms with Crippen LogP contribution in [0.2, 0.25) is 0 Å². The monoisotopic (exact) mass is 253 g/mol. The van der Waals surface area contributed by atoms with Gasteiger partial charge in [-0.2, -0.15) is 0 Å². The van der Waals surface area contributed by atoms with E-state index in [-0.39, 0.29) is 6.61 Å². The summed E-state index contributed by atoms with van der Waals surface area (Å²) >= 11 is 1.88. The van der Waals surface area contributed by atoms with Crippen LogP contribution in [0.3, 0.4) is 0 Å². The van der Waals surface area contributed by atoms with Crippen molar-refractivity contribution in [2.75, 3.05) is 12.4 Å². The summed E-state index contributed by atoms with van der Waals surface area (Å²) < 4.78 is 0. The van der Waals surface area contributed by atoms with Crippen molar-refractivity contribution < 1.29 is 5.11 Å². The Labute approximate surface area is 109 Å². The fourth-order valence-electron chi connectivity index (χ4n) is 1.74. The molecule has 0 aromatic heterocycles. The number of benzene rings is 1. The lowest BCUT2D eigenvalue weighted by molar-refractivity contribution is 0.275. The van der Waals surface area contributed by atoms with E-state index in [1.165, 1.54) is 4.90 Å². The van der Waals surface area contributed by atoms with Crippen LogP contribution in [0.5, 0.6) is 0 Å². The van der Waals surface area contributed by atoms with Crippen LogP contribution in [0, 0.1) is 0 Å². The van der Waals surface area contributed by atoms with Crippen molar-refractivity contribution in [3.63, 3.8) is 0 Å². The minimum atomic E-state index is 0.284. The van der Waals surface area contributed by atoms with Crippen molar-refractivity contribution in [3.8, 4) is 0 Å². The van der Waals surface area contributed by atoms with Crippen molar-refractivity contribution >= 4 is 11.8 Å². The van der Waals surface area contributed by atoms with E-state index in [1.807, 2.05) is 17.8 Å². The largest absolute Gasteiger partial charge is 0.396 e. The highest BCUT2D eigenvalue weighted by Gasteiger charge is 2.09. The molecule has 1 unspecified atom stereocenters. The van der Waals surface area contributed by atoms with E-state index < -0.39 is 0 Å². The van der Waals surface area contributed by atoms with Gasteiger partial charge in [0.25, 0.3) is 0 Å². The number of rotatable bonds is 8. The number of thioether (sulfide) groups is 1. The molecule has 2 N–H and O–H groups in total. The van der Waals surface area contributed by atoms with E-state index in [4.69, 9.17) is 5.11 Å². The molecule has 0 radical (unpaired) electrons. The van der Waals surface area contributed by atoms with Gasteiger partial charge in [0, 0.05) is 29.3 Å². The smallest absolute Gasteiger partial charge is 0.0431 e. The maximum absolute atomic E-state index is 8.90. The van der Waals surface area contributed by atoms with E-state index in [0.717, 1.165) is 18.6 Å². The van der Waals surface area contributed by atoms with Crippen molar-refractivity contribution in [1.82, 2.24) is 5.32 Å². The van der Waals surface area contributed by atoms with Crippen LogP contribution in [-0.4, -0.2) is 29.5 Å². The average Bonchev–Trinajstić information content (AvgIpc) is 2.33. The summed E-state index contributed by atoms with van der Waals surface area (Å²) in [4.78, 5) is 1.31. The second-order valence-corrected chi connectivity index (χ2v) is 5.60. The molecule has 0 spiro atoms. The third kappa shape index (κ3) is 6.71. The summed E-state index contributed by atoms with van der Waals surface area (Å²) in [6.45, 7) is 4.62. The zero-order valence-corrected chi connectivity index (χ0v) is 11.5. The minimum Gasteiger partial charge on any atom is -0.396 e. The lowest BCUT2D eigenvalue weighted by Crippen LogP contribution is -2.36. The first-order chi connectivity index (χ1) is 8.22. The van der Waals surface area contributed by atoms with Crippen LogP contribution >= 0.6 is 11.8 Å². The van der Waals surface area contributed by atoms with Crippen molar-refractivity contribution in [1.29, 1.82) is 0 Å². The maximum Gasteiger partial charge on any atom is 0.0431 e. The molecule has 96 valence electrons. The van der Waals surface area contributed by atoms with Gasteiger partial charge < -0.3 is 10.4 Å². The molecule has 0 aliphatic heterocycles. The van der Waals surface area contributed by atoms with Crippen LogP contribution in [0.4, 0.5) is 0 Å². The number of nitrogens with one attached hydrogen (secondary N) is 1. The van der Waals surface area contributed by atoms with Gasteiger partial charge in [0.05, 0.1) is 0 Å². The number of aliphatic hydroxyl groups is 1. The highest BCUT2D eigenvalue weighted by molar-refractivity contribution is 7.99. The summed E-state index contributed by atoms with van der Waals surface area (Å²) in [7, 11) is 0. The van der Waals surface area contributed by atoms with Gasteiger partial charge in [0.2, 0.25) is 0 Å². The van der Waals surface area contributed by atoms with Gasteiger partial charge in [-0.15, -0.1) is 11.8 Å². The summed E-state index contributed by atoms with van der Waals surface area (Å²) in [5.74, 6) is 1.06. The van der Waals surface area contributed by atoms with E-state index in [0.29, 0.717) is 12.1 Å². The molecule has 0 aliphatic rings. The average molecular weight is 253 g/mol.